The van der Waals surface area contributed by atoms with Crippen LogP contribution in [0, 0.1) is 5.82 Å². The lowest BCUT2D eigenvalue weighted by Crippen LogP contribution is -2.30. The van der Waals surface area contributed by atoms with Gasteiger partial charge in [-0.2, -0.15) is 15.0 Å². The maximum atomic E-state index is 13.0. The predicted octanol–water partition coefficient (Wildman–Crippen LogP) is 3.34. The monoisotopic (exact) mass is 418 g/mol. The molecule has 1 amide bonds. The Balaban J connectivity index is 1.55. The third kappa shape index (κ3) is 5.89. The van der Waals surface area contributed by atoms with E-state index in [-0.39, 0.29) is 28.9 Å². The van der Waals surface area contributed by atoms with Gasteiger partial charge in [0.05, 0.1) is 17.5 Å². The fourth-order valence-corrected chi connectivity index (χ4v) is 3.63. The van der Waals surface area contributed by atoms with Gasteiger partial charge in [-0.15, -0.1) is 23.1 Å². The van der Waals surface area contributed by atoms with Crippen LogP contribution in [0.2, 0.25) is 0 Å². The van der Waals surface area contributed by atoms with Gasteiger partial charge in [0.1, 0.15) is 11.6 Å². The molecule has 0 aliphatic carbocycles. The zero-order valence-corrected chi connectivity index (χ0v) is 16.7. The zero-order chi connectivity index (χ0) is 19.9. The average molecular weight is 419 g/mol. The minimum Gasteiger partial charge on any atom is -0.368 e. The van der Waals surface area contributed by atoms with E-state index in [4.69, 9.17) is 5.73 Å². The molecule has 1 atom stereocenters. The van der Waals surface area contributed by atoms with Crippen molar-refractivity contribution in [2.24, 2.45) is 0 Å². The van der Waals surface area contributed by atoms with Crippen LogP contribution in [0.1, 0.15) is 17.6 Å². The van der Waals surface area contributed by atoms with Crippen molar-refractivity contribution in [3.63, 3.8) is 0 Å². The number of rotatable bonds is 8. The summed E-state index contributed by atoms with van der Waals surface area (Å²) in [4.78, 5) is 25.8. The van der Waals surface area contributed by atoms with Crippen LogP contribution in [0.3, 0.4) is 0 Å². The quantitative estimate of drug-likeness (QED) is 0.515. The lowest BCUT2D eigenvalue weighted by atomic mass is 10.3. The number of nitrogens with zero attached hydrogens (tertiary/aromatic N) is 3. The Hall–Kier alpha value is -2.72. The van der Waals surface area contributed by atoms with Gasteiger partial charge < -0.3 is 16.4 Å². The van der Waals surface area contributed by atoms with Gasteiger partial charge in [0.15, 0.2) is 0 Å². The summed E-state index contributed by atoms with van der Waals surface area (Å²) in [5.41, 5.74) is 6.39. The molecule has 146 valence electrons. The first kappa shape index (κ1) is 20.0. The summed E-state index contributed by atoms with van der Waals surface area (Å²) >= 11 is 3.01. The number of hydrogen-bond donors (Lipinski definition) is 3. The van der Waals surface area contributed by atoms with E-state index in [1.807, 2.05) is 24.4 Å². The van der Waals surface area contributed by atoms with E-state index in [1.165, 1.54) is 23.9 Å². The third-order valence-electron chi connectivity index (χ3n) is 3.65. The number of halogens is 1. The molecule has 28 heavy (non-hydrogen) atoms. The molecule has 2 aromatic heterocycles. The summed E-state index contributed by atoms with van der Waals surface area (Å²) in [6, 6.07) is 9.74. The lowest BCUT2D eigenvalue weighted by Gasteiger charge is -2.12. The molecule has 0 aliphatic rings. The minimum atomic E-state index is -0.329. The van der Waals surface area contributed by atoms with Crippen molar-refractivity contribution in [2.45, 2.75) is 24.5 Å². The van der Waals surface area contributed by atoms with E-state index in [0.29, 0.717) is 23.8 Å². The van der Waals surface area contributed by atoms with E-state index in [2.05, 4.69) is 25.6 Å². The number of benzene rings is 1. The van der Waals surface area contributed by atoms with Gasteiger partial charge in [0.25, 0.3) is 0 Å². The van der Waals surface area contributed by atoms with E-state index < -0.39 is 0 Å². The summed E-state index contributed by atoms with van der Waals surface area (Å²) < 4.78 is 13.0. The maximum absolute atomic E-state index is 13.0. The Morgan fingerprint density at radius 3 is 2.75 bits per heavy atom. The second-order valence-corrected chi connectivity index (χ2v) is 8.18. The Morgan fingerprint density at radius 1 is 1.25 bits per heavy atom. The summed E-state index contributed by atoms with van der Waals surface area (Å²) in [6.45, 7) is 2.35. The van der Waals surface area contributed by atoms with Gasteiger partial charge in [-0.1, -0.05) is 6.07 Å². The molecule has 4 N–H and O–H groups in total. The molecule has 0 bridgehead atoms. The summed E-state index contributed by atoms with van der Waals surface area (Å²) in [6.07, 6.45) is 0. The number of nitrogens with one attached hydrogen (secondary N) is 2. The van der Waals surface area contributed by atoms with Crippen molar-refractivity contribution in [3.05, 3.63) is 58.3 Å². The molecule has 3 aromatic rings. The van der Waals surface area contributed by atoms with Crippen LogP contribution in [0.25, 0.3) is 0 Å². The number of thiophene rings is 1. The van der Waals surface area contributed by atoms with Crippen LogP contribution in [0.4, 0.5) is 22.0 Å². The van der Waals surface area contributed by atoms with Crippen LogP contribution in [0.5, 0.6) is 0 Å². The van der Waals surface area contributed by atoms with Crippen molar-refractivity contribution < 1.29 is 9.18 Å². The van der Waals surface area contributed by atoms with Crippen LogP contribution in [-0.2, 0) is 17.1 Å². The number of nitrogen functional groups attached to an aromatic ring is 1. The van der Waals surface area contributed by atoms with Gasteiger partial charge >= 0.3 is 0 Å². The molecule has 7 nitrogen and oxygen atoms in total. The first-order valence-corrected chi connectivity index (χ1v) is 10.4. The second-order valence-electron chi connectivity index (χ2n) is 5.82. The van der Waals surface area contributed by atoms with Gasteiger partial charge in [0.2, 0.25) is 17.8 Å². The standard InChI is InChI=1S/C18H19FN6OS2/c1-11(16(26)21-9-14-3-2-8-27-14)28-10-15-23-17(20)25-18(24-15)22-13-6-4-12(19)5-7-13/h2-8,11H,9-10H2,1H3,(H,21,26)(H3,20,22,23,24,25). The van der Waals surface area contributed by atoms with Gasteiger partial charge in [-0.05, 0) is 42.6 Å². The van der Waals surface area contributed by atoms with Crippen LogP contribution < -0.4 is 16.4 Å². The predicted molar refractivity (Wildman–Crippen MR) is 111 cm³/mol. The fourth-order valence-electron chi connectivity index (χ4n) is 2.23. The van der Waals surface area contributed by atoms with Crippen molar-refractivity contribution >= 4 is 46.6 Å². The molecule has 0 aliphatic heterocycles. The number of aromatic nitrogens is 3. The number of nitrogens with two attached hydrogens (primary N) is 1. The number of carbonyl (C=O) groups excluding carboxylic acids is 1. The molecule has 0 radical (unpaired) electrons. The van der Waals surface area contributed by atoms with Gasteiger partial charge in [-0.3, -0.25) is 4.79 Å². The Kier molecular flexibility index (Phi) is 6.77. The Morgan fingerprint density at radius 2 is 2.04 bits per heavy atom. The highest BCUT2D eigenvalue weighted by molar-refractivity contribution is 7.99. The fraction of sp³-hybridized carbons (Fsp3) is 0.222. The smallest absolute Gasteiger partial charge is 0.233 e. The molecular formula is C18H19FN6OS2. The highest BCUT2D eigenvalue weighted by atomic mass is 32.2. The van der Waals surface area contributed by atoms with E-state index in [0.717, 1.165) is 4.88 Å². The largest absolute Gasteiger partial charge is 0.368 e. The summed E-state index contributed by atoms with van der Waals surface area (Å²) in [7, 11) is 0. The molecular weight excluding hydrogens is 399 g/mol. The molecule has 3 rings (SSSR count). The SMILES string of the molecule is CC(SCc1nc(N)nc(Nc2ccc(F)cc2)n1)C(=O)NCc1cccs1. The number of anilines is 3. The van der Waals surface area contributed by atoms with E-state index >= 15 is 0 Å². The van der Waals surface area contributed by atoms with Gasteiger partial charge in [-0.25, -0.2) is 4.39 Å². The molecule has 2 heterocycles. The van der Waals surface area contributed by atoms with E-state index in [1.54, 1.807) is 23.5 Å². The minimum absolute atomic E-state index is 0.0508. The normalized spacial score (nSPS) is 11.8. The first-order chi connectivity index (χ1) is 13.5. The van der Waals surface area contributed by atoms with Crippen molar-refractivity contribution in [1.82, 2.24) is 20.3 Å². The highest BCUT2D eigenvalue weighted by Gasteiger charge is 2.15. The highest BCUT2D eigenvalue weighted by Crippen LogP contribution is 2.19. The average Bonchev–Trinajstić information content (AvgIpc) is 3.19. The van der Waals surface area contributed by atoms with Crippen LogP contribution >= 0.6 is 23.1 Å². The van der Waals surface area contributed by atoms with Crippen molar-refractivity contribution in [2.75, 3.05) is 11.1 Å². The topological polar surface area (TPSA) is 106 Å². The number of amides is 1. The van der Waals surface area contributed by atoms with Crippen molar-refractivity contribution in [1.29, 1.82) is 0 Å². The van der Waals surface area contributed by atoms with Crippen molar-refractivity contribution in [3.8, 4) is 0 Å². The maximum Gasteiger partial charge on any atom is 0.233 e. The Labute approximate surface area is 170 Å². The van der Waals surface area contributed by atoms with Gasteiger partial charge in [0, 0.05) is 10.6 Å². The summed E-state index contributed by atoms with van der Waals surface area (Å²) in [5, 5.41) is 7.58. The van der Waals surface area contributed by atoms with Crippen LogP contribution in [0.15, 0.2) is 41.8 Å². The molecule has 10 heteroatoms. The number of hydrogen-bond acceptors (Lipinski definition) is 8. The summed E-state index contributed by atoms with van der Waals surface area (Å²) in [5.74, 6) is 0.821. The number of thioether (sulfide) groups is 1. The Bertz CT molecular complexity index is 920. The molecule has 0 saturated carbocycles. The third-order valence-corrected chi connectivity index (χ3v) is 5.66. The second kappa shape index (κ2) is 9.47. The van der Waals surface area contributed by atoms with Crippen LogP contribution in [-0.4, -0.2) is 26.1 Å². The lowest BCUT2D eigenvalue weighted by molar-refractivity contribution is -0.120. The molecule has 0 fully saturated rings. The number of carbonyl (C=O) groups is 1. The first-order valence-electron chi connectivity index (χ1n) is 8.44. The molecule has 1 aromatic carbocycles. The molecule has 0 saturated heterocycles. The molecule has 0 spiro atoms. The zero-order valence-electron chi connectivity index (χ0n) is 15.1. The van der Waals surface area contributed by atoms with E-state index in [9.17, 15) is 9.18 Å². The molecule has 1 unspecified atom stereocenters.